The summed E-state index contributed by atoms with van der Waals surface area (Å²) < 4.78 is 0. The van der Waals surface area contributed by atoms with Gasteiger partial charge in [0.15, 0.2) is 5.82 Å². The van der Waals surface area contributed by atoms with Crippen LogP contribution in [0.3, 0.4) is 0 Å². The first kappa shape index (κ1) is 8.99. The summed E-state index contributed by atoms with van der Waals surface area (Å²) >= 11 is 0. The van der Waals surface area contributed by atoms with Gasteiger partial charge in [-0.15, -0.1) is 4.94 Å². The van der Waals surface area contributed by atoms with Gasteiger partial charge in [0.2, 0.25) is 0 Å². The Kier molecular flexibility index (Phi) is 2.08. The SMILES string of the molecule is [c]1ncccc1NC1=C2C=CC=CN2ON1. The van der Waals surface area contributed by atoms with Crippen molar-refractivity contribution in [2.45, 2.75) is 0 Å². The van der Waals surface area contributed by atoms with Crippen molar-refractivity contribution in [1.82, 2.24) is 15.5 Å². The van der Waals surface area contributed by atoms with Gasteiger partial charge in [0.1, 0.15) is 11.9 Å². The highest BCUT2D eigenvalue weighted by Gasteiger charge is 2.21. The summed E-state index contributed by atoms with van der Waals surface area (Å²) in [7, 11) is 0. The molecule has 5 heteroatoms. The van der Waals surface area contributed by atoms with E-state index in [0.717, 1.165) is 17.2 Å². The monoisotopic (exact) mass is 213 g/mol. The number of rotatable bonds is 2. The second-order valence-electron chi connectivity index (χ2n) is 3.27. The summed E-state index contributed by atoms with van der Waals surface area (Å²) in [5, 5.41) is 4.78. The Morgan fingerprint density at radius 1 is 1.44 bits per heavy atom. The lowest BCUT2D eigenvalue weighted by Crippen LogP contribution is -2.16. The number of nitrogens with zero attached hydrogens (tertiary/aromatic N) is 2. The second-order valence-corrected chi connectivity index (χ2v) is 3.27. The van der Waals surface area contributed by atoms with E-state index in [0.29, 0.717) is 0 Å². The van der Waals surface area contributed by atoms with E-state index in [2.05, 4.69) is 22.0 Å². The van der Waals surface area contributed by atoms with E-state index in [-0.39, 0.29) is 0 Å². The molecule has 1 radical (unpaired) electrons. The van der Waals surface area contributed by atoms with Gasteiger partial charge in [-0.3, -0.25) is 4.98 Å². The van der Waals surface area contributed by atoms with Crippen molar-refractivity contribution >= 4 is 5.69 Å². The summed E-state index contributed by atoms with van der Waals surface area (Å²) in [4.78, 5) is 9.12. The Morgan fingerprint density at radius 2 is 2.44 bits per heavy atom. The lowest BCUT2D eigenvalue weighted by atomic mass is 10.3. The van der Waals surface area contributed by atoms with E-state index in [9.17, 15) is 0 Å². The van der Waals surface area contributed by atoms with Crippen LogP contribution < -0.4 is 10.8 Å². The minimum absolute atomic E-state index is 0.768. The maximum absolute atomic E-state index is 5.22. The molecule has 1 aromatic heterocycles. The molecule has 2 aliphatic heterocycles. The van der Waals surface area contributed by atoms with Crippen LogP contribution in [0, 0.1) is 6.20 Å². The van der Waals surface area contributed by atoms with Crippen molar-refractivity contribution < 1.29 is 4.94 Å². The maximum Gasteiger partial charge on any atom is 0.157 e. The van der Waals surface area contributed by atoms with Crippen molar-refractivity contribution in [2.75, 3.05) is 5.32 Å². The van der Waals surface area contributed by atoms with E-state index in [1.807, 2.05) is 36.6 Å². The molecule has 0 aliphatic carbocycles. The molecule has 0 fully saturated rings. The third-order valence-corrected chi connectivity index (χ3v) is 2.19. The number of hydrogen-bond donors (Lipinski definition) is 2. The third-order valence-electron chi connectivity index (χ3n) is 2.19. The molecule has 3 heterocycles. The van der Waals surface area contributed by atoms with Crippen LogP contribution in [0.1, 0.15) is 0 Å². The largest absolute Gasteiger partial charge is 0.337 e. The van der Waals surface area contributed by atoms with Gasteiger partial charge in [-0.1, -0.05) is 6.08 Å². The molecule has 0 bridgehead atoms. The predicted octanol–water partition coefficient (Wildman–Crippen LogP) is 1.30. The fraction of sp³-hybridized carbons (Fsp3) is 0. The van der Waals surface area contributed by atoms with E-state index in [1.165, 1.54) is 0 Å². The zero-order valence-corrected chi connectivity index (χ0v) is 8.34. The predicted molar refractivity (Wildman–Crippen MR) is 58.1 cm³/mol. The van der Waals surface area contributed by atoms with E-state index in [1.54, 1.807) is 11.3 Å². The number of hydrogen-bond acceptors (Lipinski definition) is 5. The van der Waals surface area contributed by atoms with Crippen LogP contribution in [0.5, 0.6) is 0 Å². The highest BCUT2D eigenvalue weighted by molar-refractivity contribution is 5.48. The maximum atomic E-state index is 5.22. The van der Waals surface area contributed by atoms with Gasteiger partial charge in [0.25, 0.3) is 0 Å². The zero-order valence-electron chi connectivity index (χ0n) is 8.34. The molecule has 2 N–H and O–H groups in total. The number of nitrogens with one attached hydrogen (secondary N) is 2. The molecular formula is C11H9N4O. The Hall–Kier alpha value is -2.27. The van der Waals surface area contributed by atoms with Crippen LogP contribution in [0.15, 0.2) is 54.3 Å². The number of anilines is 1. The summed E-state index contributed by atoms with van der Waals surface area (Å²) in [6, 6.07) is 3.72. The number of allylic oxidation sites excluding steroid dienone is 3. The van der Waals surface area contributed by atoms with Gasteiger partial charge >= 0.3 is 0 Å². The highest BCUT2D eigenvalue weighted by Crippen LogP contribution is 2.21. The normalized spacial score (nSPS) is 17.4. The lowest BCUT2D eigenvalue weighted by Gasteiger charge is -2.12. The third kappa shape index (κ3) is 1.53. The molecule has 5 nitrogen and oxygen atoms in total. The molecule has 1 aromatic rings. The van der Waals surface area contributed by atoms with Crippen LogP contribution in [-0.4, -0.2) is 10.0 Å². The van der Waals surface area contributed by atoms with Crippen LogP contribution in [-0.2, 0) is 4.94 Å². The highest BCUT2D eigenvalue weighted by atomic mass is 16.8. The molecule has 2 aliphatic rings. The number of fused-ring (bicyclic) bond motifs is 1. The standard InChI is InChI=1S/C11H9N4O/c1-2-7-15-10(5-1)11(14-16-15)13-9-4-3-6-12-8-9/h1-7,13-14H. The Morgan fingerprint density at radius 3 is 3.31 bits per heavy atom. The van der Waals surface area contributed by atoms with Gasteiger partial charge in [0, 0.05) is 12.4 Å². The van der Waals surface area contributed by atoms with E-state index < -0.39 is 0 Å². The smallest absolute Gasteiger partial charge is 0.157 e. The molecule has 0 amide bonds. The summed E-state index contributed by atoms with van der Waals surface area (Å²) in [6.45, 7) is 0. The topological polar surface area (TPSA) is 49.4 Å². The minimum atomic E-state index is 0.768. The average Bonchev–Trinajstić information content (AvgIpc) is 2.74. The zero-order chi connectivity index (χ0) is 10.8. The molecular weight excluding hydrogens is 204 g/mol. The van der Waals surface area contributed by atoms with E-state index >= 15 is 0 Å². The molecule has 0 atom stereocenters. The number of aromatic nitrogens is 1. The number of pyridine rings is 1. The van der Waals surface area contributed by atoms with Crippen LogP contribution in [0.25, 0.3) is 0 Å². The quantitative estimate of drug-likeness (QED) is 0.775. The molecule has 0 saturated carbocycles. The van der Waals surface area contributed by atoms with Crippen molar-refractivity contribution in [3.05, 3.63) is 60.5 Å². The molecule has 0 unspecified atom stereocenters. The van der Waals surface area contributed by atoms with Gasteiger partial charge in [0.05, 0.1) is 5.69 Å². The average molecular weight is 213 g/mol. The molecule has 0 aromatic carbocycles. The molecule has 16 heavy (non-hydrogen) atoms. The summed E-state index contributed by atoms with van der Waals surface area (Å²) in [5.74, 6) is 0.768. The first-order chi connectivity index (χ1) is 7.93. The summed E-state index contributed by atoms with van der Waals surface area (Å²) in [5.41, 5.74) is 4.49. The lowest BCUT2D eigenvalue weighted by molar-refractivity contribution is -0.114. The van der Waals surface area contributed by atoms with Gasteiger partial charge in [-0.05, 0) is 24.3 Å². The first-order valence-corrected chi connectivity index (χ1v) is 4.84. The Bertz CT molecular complexity index is 478. The molecule has 3 rings (SSSR count). The van der Waals surface area contributed by atoms with E-state index in [4.69, 9.17) is 4.94 Å². The summed E-state index contributed by atoms with van der Waals surface area (Å²) in [6.07, 6.45) is 12.1. The number of hydroxylamine groups is 3. The Balaban J connectivity index is 1.86. The van der Waals surface area contributed by atoms with Gasteiger partial charge in [-0.25, -0.2) is 10.5 Å². The van der Waals surface area contributed by atoms with Crippen LogP contribution >= 0.6 is 0 Å². The fourth-order valence-corrected chi connectivity index (χ4v) is 1.47. The van der Waals surface area contributed by atoms with Crippen LogP contribution in [0.4, 0.5) is 5.69 Å². The molecule has 79 valence electrons. The second kappa shape index (κ2) is 3.71. The van der Waals surface area contributed by atoms with Crippen molar-refractivity contribution in [3.8, 4) is 0 Å². The van der Waals surface area contributed by atoms with Crippen LogP contribution in [0.2, 0.25) is 0 Å². The molecule has 0 spiro atoms. The van der Waals surface area contributed by atoms with Gasteiger partial charge < -0.3 is 5.32 Å². The first-order valence-electron chi connectivity index (χ1n) is 4.84. The fourth-order valence-electron chi connectivity index (χ4n) is 1.47. The van der Waals surface area contributed by atoms with Crippen molar-refractivity contribution in [2.24, 2.45) is 0 Å². The van der Waals surface area contributed by atoms with Crippen molar-refractivity contribution in [1.29, 1.82) is 0 Å². The van der Waals surface area contributed by atoms with Crippen molar-refractivity contribution in [3.63, 3.8) is 0 Å². The van der Waals surface area contributed by atoms with Gasteiger partial charge in [-0.2, -0.15) is 0 Å². The molecule has 0 saturated heterocycles. The Labute approximate surface area is 92.6 Å². The minimum Gasteiger partial charge on any atom is -0.337 e.